The highest BCUT2D eigenvalue weighted by molar-refractivity contribution is 5.90. The first-order valence-corrected chi connectivity index (χ1v) is 11.2. The lowest BCUT2D eigenvalue weighted by Crippen LogP contribution is -2.30. The number of aliphatic hydroxyl groups is 2. The zero-order chi connectivity index (χ0) is 25.1. The van der Waals surface area contributed by atoms with Crippen LogP contribution in [0.15, 0.2) is 97.1 Å². The van der Waals surface area contributed by atoms with Crippen LogP contribution in [0.25, 0.3) is 22.3 Å². The number of hydrogen-bond donors (Lipinski definition) is 3. The zero-order valence-electron chi connectivity index (χ0n) is 19.8. The summed E-state index contributed by atoms with van der Waals surface area (Å²) in [5.74, 6) is -1.64. The molecule has 6 heteroatoms. The topological polar surface area (TPSA) is 88.4 Å². The molecule has 0 aliphatic rings. The first kappa shape index (κ1) is 24.4. The molecule has 0 radical (unpaired) electrons. The fraction of sp³-hybridized carbons (Fsp3) is 0.172. The van der Waals surface area contributed by atoms with Crippen LogP contribution in [-0.2, 0) is 10.5 Å². The summed E-state index contributed by atoms with van der Waals surface area (Å²) in [5, 5.41) is 32.4. The maximum absolute atomic E-state index is 9.60. The Kier molecular flexibility index (Phi) is 6.91. The maximum Gasteiger partial charge on any atom is 0.318 e. The molecule has 3 N–H and O–H groups in total. The zero-order valence-corrected chi connectivity index (χ0v) is 19.8. The van der Waals surface area contributed by atoms with E-state index in [1.807, 2.05) is 66.7 Å². The Labute approximate surface area is 204 Å². The second-order valence-electron chi connectivity index (χ2n) is 8.94. The fourth-order valence-electron chi connectivity index (χ4n) is 4.33. The van der Waals surface area contributed by atoms with Crippen molar-refractivity contribution in [1.82, 2.24) is 0 Å². The van der Waals surface area contributed by atoms with Gasteiger partial charge in [-0.25, -0.2) is 5.26 Å². The minimum absolute atomic E-state index is 0.303. The van der Waals surface area contributed by atoms with Crippen molar-refractivity contribution in [3.8, 4) is 33.8 Å². The molecule has 0 unspecified atom stereocenters. The van der Waals surface area contributed by atoms with Crippen molar-refractivity contribution >= 4 is 0 Å². The molecule has 0 heterocycles. The Hall–Kier alpha value is -3.68. The number of ether oxygens (including phenoxy) is 1. The molecule has 0 saturated carbocycles. The van der Waals surface area contributed by atoms with Crippen LogP contribution >= 0.6 is 0 Å². The van der Waals surface area contributed by atoms with Crippen molar-refractivity contribution in [2.75, 3.05) is 0 Å². The third-order valence-electron chi connectivity index (χ3n) is 5.98. The normalized spacial score (nSPS) is 11.8. The molecule has 4 aromatic rings. The van der Waals surface area contributed by atoms with Crippen molar-refractivity contribution in [1.29, 1.82) is 0 Å². The van der Waals surface area contributed by atoms with Crippen LogP contribution in [0.1, 0.15) is 31.9 Å². The molecule has 180 valence electrons. The molecule has 35 heavy (non-hydrogen) atoms. The van der Waals surface area contributed by atoms with E-state index in [1.54, 1.807) is 18.2 Å². The first-order valence-electron chi connectivity index (χ1n) is 11.2. The van der Waals surface area contributed by atoms with Gasteiger partial charge in [-0.15, -0.1) is 0 Å². The van der Waals surface area contributed by atoms with Gasteiger partial charge in [-0.3, -0.25) is 0 Å². The smallest absolute Gasteiger partial charge is 0.318 e. The third-order valence-corrected chi connectivity index (χ3v) is 5.98. The molecule has 0 amide bonds. The second kappa shape index (κ2) is 9.90. The van der Waals surface area contributed by atoms with Gasteiger partial charge in [0, 0.05) is 17.9 Å². The van der Waals surface area contributed by atoms with E-state index in [0.29, 0.717) is 11.5 Å². The molecule has 0 saturated heterocycles. The van der Waals surface area contributed by atoms with Gasteiger partial charge in [0.2, 0.25) is 0 Å². The minimum atomic E-state index is -2.29. The SMILES string of the molecule is CC(O)(O)Oc1ccc(-c2c(C(C)(C)c3ccccc3)ccc(OOO)c2-c2ccccc2)cc1. The highest BCUT2D eigenvalue weighted by Gasteiger charge is 2.30. The van der Waals surface area contributed by atoms with Crippen molar-refractivity contribution in [2.45, 2.75) is 32.2 Å². The lowest BCUT2D eigenvalue weighted by Gasteiger charge is -2.31. The van der Waals surface area contributed by atoms with Crippen molar-refractivity contribution in [2.24, 2.45) is 0 Å². The quantitative estimate of drug-likeness (QED) is 0.162. The van der Waals surface area contributed by atoms with E-state index in [4.69, 9.17) is 14.9 Å². The summed E-state index contributed by atoms with van der Waals surface area (Å²) in [4.78, 5) is 5.18. The highest BCUT2D eigenvalue weighted by atomic mass is 17.5. The predicted molar refractivity (Wildman–Crippen MR) is 134 cm³/mol. The Morgan fingerprint density at radius 1 is 0.629 bits per heavy atom. The summed E-state index contributed by atoms with van der Waals surface area (Å²) in [6, 6.07) is 30.7. The van der Waals surface area contributed by atoms with E-state index in [0.717, 1.165) is 40.3 Å². The molecule has 0 bridgehead atoms. The van der Waals surface area contributed by atoms with Gasteiger partial charge in [0.25, 0.3) is 0 Å². The molecule has 0 aliphatic heterocycles. The Bertz CT molecular complexity index is 1260. The highest BCUT2D eigenvalue weighted by Crippen LogP contribution is 2.47. The van der Waals surface area contributed by atoms with E-state index in [2.05, 4.69) is 31.0 Å². The van der Waals surface area contributed by atoms with Crippen LogP contribution in [0, 0.1) is 0 Å². The molecule has 0 atom stereocenters. The fourth-order valence-corrected chi connectivity index (χ4v) is 4.33. The van der Waals surface area contributed by atoms with Gasteiger partial charge >= 0.3 is 5.97 Å². The van der Waals surface area contributed by atoms with Gasteiger partial charge in [0.1, 0.15) is 5.75 Å². The van der Waals surface area contributed by atoms with Crippen molar-refractivity contribution < 1.29 is 30.1 Å². The van der Waals surface area contributed by atoms with Gasteiger partial charge in [-0.2, -0.15) is 0 Å². The van der Waals surface area contributed by atoms with Crippen LogP contribution in [0.4, 0.5) is 0 Å². The molecule has 0 aliphatic carbocycles. The second-order valence-corrected chi connectivity index (χ2v) is 8.94. The summed E-state index contributed by atoms with van der Waals surface area (Å²) in [5.41, 5.74) is 5.09. The Morgan fingerprint density at radius 3 is 1.77 bits per heavy atom. The van der Waals surface area contributed by atoms with Gasteiger partial charge in [0.05, 0.1) is 0 Å². The van der Waals surface area contributed by atoms with Gasteiger partial charge < -0.3 is 19.8 Å². The summed E-state index contributed by atoms with van der Waals surface area (Å²) >= 11 is 0. The Balaban J connectivity index is 2.00. The molecular weight excluding hydrogens is 444 g/mol. The largest absolute Gasteiger partial charge is 0.439 e. The summed E-state index contributed by atoms with van der Waals surface area (Å²) < 4.78 is 5.17. The molecule has 4 aromatic carbocycles. The van der Waals surface area contributed by atoms with Gasteiger partial charge in [-0.1, -0.05) is 92.7 Å². The van der Waals surface area contributed by atoms with Crippen LogP contribution in [0.5, 0.6) is 11.5 Å². The molecule has 6 nitrogen and oxygen atoms in total. The van der Waals surface area contributed by atoms with E-state index in [-0.39, 0.29) is 0 Å². The van der Waals surface area contributed by atoms with Gasteiger partial charge in [-0.05, 0) is 51.1 Å². The molecule has 0 aromatic heterocycles. The monoisotopic (exact) mass is 472 g/mol. The lowest BCUT2D eigenvalue weighted by molar-refractivity contribution is -0.438. The molecule has 0 spiro atoms. The average molecular weight is 473 g/mol. The molecular formula is C29H28O6. The summed E-state index contributed by atoms with van der Waals surface area (Å²) in [6.45, 7) is 5.45. The standard InChI is InChI=1S/C29H28O6/c1-28(2,22-12-8-5-9-13-22)24-18-19-25(34-35-32)27(20-10-6-4-7-11-20)26(24)21-14-16-23(17-15-21)33-29(3,30)31/h4-19,30-32H,1-3H3. The number of hydrogen-bond acceptors (Lipinski definition) is 6. The van der Waals surface area contributed by atoms with E-state index in [9.17, 15) is 10.2 Å². The average Bonchev–Trinajstić information content (AvgIpc) is 2.84. The van der Waals surface area contributed by atoms with E-state index < -0.39 is 11.4 Å². The molecule has 0 fully saturated rings. The van der Waals surface area contributed by atoms with E-state index in [1.165, 1.54) is 0 Å². The predicted octanol–water partition coefficient (Wildman–Crippen LogP) is 6.17. The molecule has 4 rings (SSSR count). The maximum atomic E-state index is 9.60. The van der Waals surface area contributed by atoms with Gasteiger partial charge in [0.15, 0.2) is 5.75 Å². The summed E-state index contributed by atoms with van der Waals surface area (Å²) in [6.07, 6.45) is 0. The van der Waals surface area contributed by atoms with E-state index >= 15 is 0 Å². The number of rotatable bonds is 8. The van der Waals surface area contributed by atoms with Crippen LogP contribution in [0.2, 0.25) is 0 Å². The first-order chi connectivity index (χ1) is 16.7. The van der Waals surface area contributed by atoms with Crippen molar-refractivity contribution in [3.63, 3.8) is 0 Å². The minimum Gasteiger partial charge on any atom is -0.439 e. The van der Waals surface area contributed by atoms with Crippen LogP contribution < -0.4 is 9.62 Å². The van der Waals surface area contributed by atoms with Crippen LogP contribution in [-0.4, -0.2) is 21.4 Å². The van der Waals surface area contributed by atoms with Crippen LogP contribution in [0.3, 0.4) is 0 Å². The Morgan fingerprint density at radius 2 is 1.20 bits per heavy atom. The summed E-state index contributed by atoms with van der Waals surface area (Å²) in [7, 11) is 0. The van der Waals surface area contributed by atoms with Crippen molar-refractivity contribution in [3.05, 3.63) is 108 Å². The number of benzene rings is 4. The third kappa shape index (κ3) is 5.37. The lowest BCUT2D eigenvalue weighted by atomic mass is 9.73.